The number of hydrogen-bond donors (Lipinski definition) is 0. The van der Waals surface area contributed by atoms with E-state index in [0.717, 1.165) is 77.0 Å². The summed E-state index contributed by atoms with van der Waals surface area (Å²) in [5.41, 5.74) is 0. The summed E-state index contributed by atoms with van der Waals surface area (Å²) in [5.74, 6) is -0.940. The van der Waals surface area contributed by atoms with E-state index in [-0.39, 0.29) is 37.5 Å². The molecule has 0 saturated heterocycles. The molecule has 0 fully saturated rings. The smallest absolute Gasteiger partial charge is 0.306 e. The summed E-state index contributed by atoms with van der Waals surface area (Å²) < 4.78 is 16.8. The summed E-state index contributed by atoms with van der Waals surface area (Å²) in [4.78, 5) is 38.0. The molecule has 0 rings (SSSR count). The lowest BCUT2D eigenvalue weighted by Gasteiger charge is -2.18. The first-order valence-electron chi connectivity index (χ1n) is 26.8. The highest BCUT2D eigenvalue weighted by Crippen LogP contribution is 2.16. The average Bonchev–Trinajstić information content (AvgIpc) is 3.28. The normalized spacial score (nSPS) is 12.5. The van der Waals surface area contributed by atoms with Crippen LogP contribution in [-0.4, -0.2) is 37.2 Å². The van der Waals surface area contributed by atoms with E-state index in [4.69, 9.17) is 14.2 Å². The van der Waals surface area contributed by atoms with E-state index < -0.39 is 6.10 Å². The van der Waals surface area contributed by atoms with Gasteiger partial charge >= 0.3 is 17.9 Å². The zero-order valence-electron chi connectivity index (χ0n) is 41.6. The third-order valence-electron chi connectivity index (χ3n) is 11.5. The molecule has 0 aromatic heterocycles. The van der Waals surface area contributed by atoms with Crippen molar-refractivity contribution in [2.75, 3.05) is 13.2 Å². The Hall–Kier alpha value is -2.89. The molecule has 364 valence electrons. The molecule has 0 aromatic carbocycles. The Morgan fingerprint density at radius 3 is 0.968 bits per heavy atom. The van der Waals surface area contributed by atoms with E-state index in [2.05, 4.69) is 81.5 Å². The largest absolute Gasteiger partial charge is 0.462 e. The molecule has 0 saturated carbocycles. The van der Waals surface area contributed by atoms with Crippen LogP contribution in [-0.2, 0) is 28.6 Å². The topological polar surface area (TPSA) is 78.9 Å². The zero-order chi connectivity index (χ0) is 45.8. The van der Waals surface area contributed by atoms with Crippen LogP contribution in [0.15, 0.2) is 60.8 Å². The van der Waals surface area contributed by atoms with Crippen molar-refractivity contribution < 1.29 is 28.6 Å². The second kappa shape index (κ2) is 51.7. The SMILES string of the molecule is CC/C=C\C/C=C\C/C=C\C/C=C\C/C=C\CCCC(=O)OCC(COC(=O)CCCCCCCCCCCCCC)OC(=O)CCCCCCCCCCCCCCCCCC. The van der Waals surface area contributed by atoms with Crippen molar-refractivity contribution in [3.8, 4) is 0 Å². The highest BCUT2D eigenvalue weighted by Gasteiger charge is 2.19. The van der Waals surface area contributed by atoms with Crippen LogP contribution in [0.2, 0.25) is 0 Å². The fraction of sp³-hybridized carbons (Fsp3) is 0.772. The molecule has 0 amide bonds. The Bertz CT molecular complexity index is 1150. The van der Waals surface area contributed by atoms with Crippen molar-refractivity contribution in [2.45, 2.75) is 271 Å². The van der Waals surface area contributed by atoms with Gasteiger partial charge in [0.2, 0.25) is 0 Å². The Morgan fingerprint density at radius 1 is 0.333 bits per heavy atom. The lowest BCUT2D eigenvalue weighted by atomic mass is 10.0. The maximum Gasteiger partial charge on any atom is 0.306 e. The summed E-state index contributed by atoms with van der Waals surface area (Å²) >= 11 is 0. The van der Waals surface area contributed by atoms with Gasteiger partial charge in [-0.3, -0.25) is 14.4 Å². The zero-order valence-corrected chi connectivity index (χ0v) is 41.6. The Morgan fingerprint density at radius 2 is 0.619 bits per heavy atom. The van der Waals surface area contributed by atoms with Crippen molar-refractivity contribution in [3.05, 3.63) is 60.8 Å². The van der Waals surface area contributed by atoms with Gasteiger partial charge < -0.3 is 14.2 Å². The molecule has 63 heavy (non-hydrogen) atoms. The summed E-state index contributed by atoms with van der Waals surface area (Å²) in [6.45, 7) is 6.49. The van der Waals surface area contributed by atoms with E-state index >= 15 is 0 Å². The number of unbranched alkanes of at least 4 members (excludes halogenated alkanes) is 27. The van der Waals surface area contributed by atoms with Crippen LogP contribution in [0.3, 0.4) is 0 Å². The average molecular weight is 881 g/mol. The number of allylic oxidation sites excluding steroid dienone is 10. The first-order chi connectivity index (χ1) is 31.0. The van der Waals surface area contributed by atoms with E-state index in [9.17, 15) is 14.4 Å². The minimum atomic E-state index is -0.792. The standard InChI is InChI=1S/C57H100O6/c1-4-7-10-13-16-19-22-25-27-29-31-32-35-38-41-44-47-50-56(59)62-53-54(52-61-55(58)49-46-43-40-37-34-24-21-18-15-12-9-6-3)63-57(60)51-48-45-42-39-36-33-30-28-26-23-20-17-14-11-8-5-2/h7,10,16,19,25,27,31-32,38,41,54H,4-6,8-9,11-15,17-18,20-24,26,28-30,33-37,39-40,42-53H2,1-3H3/b10-7-,19-16-,27-25-,32-31-,41-38-. The van der Waals surface area contributed by atoms with Gasteiger partial charge in [0, 0.05) is 19.3 Å². The molecular weight excluding hydrogens is 781 g/mol. The number of carbonyl (C=O) groups excluding carboxylic acids is 3. The van der Waals surface area contributed by atoms with E-state index in [0.29, 0.717) is 19.3 Å². The van der Waals surface area contributed by atoms with Gasteiger partial charge in [-0.1, -0.05) is 248 Å². The highest BCUT2D eigenvalue weighted by molar-refractivity contribution is 5.71. The van der Waals surface area contributed by atoms with Gasteiger partial charge in [0.05, 0.1) is 0 Å². The van der Waals surface area contributed by atoms with Crippen LogP contribution in [0.4, 0.5) is 0 Å². The maximum atomic E-state index is 12.8. The predicted octanol–water partition coefficient (Wildman–Crippen LogP) is 17.6. The first-order valence-corrected chi connectivity index (χ1v) is 26.8. The quantitative estimate of drug-likeness (QED) is 0.0262. The van der Waals surface area contributed by atoms with Crippen LogP contribution in [0, 0.1) is 0 Å². The predicted molar refractivity (Wildman–Crippen MR) is 270 cm³/mol. The summed E-state index contributed by atoms with van der Waals surface area (Å²) in [5, 5.41) is 0. The fourth-order valence-corrected chi connectivity index (χ4v) is 7.54. The van der Waals surface area contributed by atoms with Crippen LogP contribution in [0.25, 0.3) is 0 Å². The molecule has 0 aliphatic rings. The maximum absolute atomic E-state index is 12.8. The second-order valence-corrected chi connectivity index (χ2v) is 17.8. The summed E-state index contributed by atoms with van der Waals surface area (Å²) in [6, 6.07) is 0. The molecule has 1 unspecified atom stereocenters. The van der Waals surface area contributed by atoms with Crippen molar-refractivity contribution in [3.63, 3.8) is 0 Å². The molecule has 6 nitrogen and oxygen atoms in total. The van der Waals surface area contributed by atoms with Crippen LogP contribution >= 0.6 is 0 Å². The number of ether oxygens (including phenoxy) is 3. The van der Waals surface area contributed by atoms with Crippen LogP contribution in [0.1, 0.15) is 265 Å². The van der Waals surface area contributed by atoms with Crippen molar-refractivity contribution in [1.29, 1.82) is 0 Å². The van der Waals surface area contributed by atoms with Crippen molar-refractivity contribution >= 4 is 17.9 Å². The molecule has 0 aliphatic heterocycles. The minimum Gasteiger partial charge on any atom is -0.462 e. The Labute approximate surface area is 390 Å². The molecule has 0 radical (unpaired) electrons. The Balaban J connectivity index is 4.43. The molecule has 0 aromatic rings. The van der Waals surface area contributed by atoms with Gasteiger partial charge in [0.25, 0.3) is 0 Å². The van der Waals surface area contributed by atoms with Crippen LogP contribution < -0.4 is 0 Å². The summed E-state index contributed by atoms with van der Waals surface area (Å²) in [7, 11) is 0. The van der Waals surface area contributed by atoms with Gasteiger partial charge in [-0.2, -0.15) is 0 Å². The molecule has 0 aliphatic carbocycles. The fourth-order valence-electron chi connectivity index (χ4n) is 7.54. The van der Waals surface area contributed by atoms with E-state index in [1.807, 2.05) is 0 Å². The van der Waals surface area contributed by atoms with E-state index in [1.165, 1.54) is 141 Å². The van der Waals surface area contributed by atoms with Crippen molar-refractivity contribution in [2.24, 2.45) is 0 Å². The first kappa shape index (κ1) is 60.1. The number of esters is 3. The summed E-state index contributed by atoms with van der Waals surface area (Å²) in [6.07, 6.45) is 63.5. The van der Waals surface area contributed by atoms with Gasteiger partial charge in [-0.25, -0.2) is 0 Å². The van der Waals surface area contributed by atoms with Gasteiger partial charge in [-0.15, -0.1) is 0 Å². The number of hydrogen-bond acceptors (Lipinski definition) is 6. The van der Waals surface area contributed by atoms with Crippen molar-refractivity contribution in [1.82, 2.24) is 0 Å². The number of carbonyl (C=O) groups is 3. The third kappa shape index (κ3) is 50.0. The van der Waals surface area contributed by atoms with Gasteiger partial charge in [-0.05, 0) is 57.8 Å². The molecular formula is C57H100O6. The monoisotopic (exact) mass is 881 g/mol. The molecule has 0 spiro atoms. The molecule has 1 atom stereocenters. The third-order valence-corrected chi connectivity index (χ3v) is 11.5. The number of rotatable bonds is 48. The van der Waals surface area contributed by atoms with Gasteiger partial charge in [0.15, 0.2) is 6.10 Å². The lowest BCUT2D eigenvalue weighted by Crippen LogP contribution is -2.30. The molecule has 0 bridgehead atoms. The molecule has 0 heterocycles. The van der Waals surface area contributed by atoms with Gasteiger partial charge in [0.1, 0.15) is 13.2 Å². The molecule has 6 heteroatoms. The van der Waals surface area contributed by atoms with E-state index in [1.54, 1.807) is 0 Å². The molecule has 0 N–H and O–H groups in total. The lowest BCUT2D eigenvalue weighted by molar-refractivity contribution is -0.167. The highest BCUT2D eigenvalue weighted by atomic mass is 16.6. The van der Waals surface area contributed by atoms with Crippen LogP contribution in [0.5, 0.6) is 0 Å². The minimum absolute atomic E-state index is 0.0882. The second-order valence-electron chi connectivity index (χ2n) is 17.8. The Kier molecular flexibility index (Phi) is 49.4.